The number of carbonyl (C=O) groups excluding carboxylic acids is 2. The van der Waals surface area contributed by atoms with Crippen molar-refractivity contribution in [1.29, 1.82) is 0 Å². The first-order chi connectivity index (χ1) is 10.6. The number of carbonyl (C=O) groups is 2. The Morgan fingerprint density at radius 2 is 1.91 bits per heavy atom. The maximum atomic E-state index is 11.9. The fraction of sp³-hybridized carbons (Fsp3) is 0.529. The van der Waals surface area contributed by atoms with Crippen LogP contribution in [0.3, 0.4) is 0 Å². The molecule has 1 aliphatic carbocycles. The van der Waals surface area contributed by atoms with Crippen molar-refractivity contribution < 1.29 is 14.3 Å². The largest absolute Gasteiger partial charge is 0.412 e. The van der Waals surface area contributed by atoms with E-state index < -0.39 is 6.09 Å². The van der Waals surface area contributed by atoms with Gasteiger partial charge in [0.15, 0.2) is 0 Å². The molecular formula is C17H24N2O3. The molecular weight excluding hydrogens is 280 g/mol. The number of hydrogen-bond acceptors (Lipinski definition) is 3. The van der Waals surface area contributed by atoms with Gasteiger partial charge in [-0.1, -0.05) is 38.0 Å². The molecule has 0 saturated heterocycles. The van der Waals surface area contributed by atoms with Crippen molar-refractivity contribution in [3.8, 4) is 5.75 Å². The zero-order valence-corrected chi connectivity index (χ0v) is 13.0. The topological polar surface area (TPSA) is 67.4 Å². The Kier molecular flexibility index (Phi) is 6.25. The summed E-state index contributed by atoms with van der Waals surface area (Å²) in [5, 5.41) is 5.65. The van der Waals surface area contributed by atoms with Crippen molar-refractivity contribution >= 4 is 12.0 Å². The maximum absolute atomic E-state index is 11.9. The van der Waals surface area contributed by atoms with E-state index in [1.54, 1.807) is 24.3 Å². The summed E-state index contributed by atoms with van der Waals surface area (Å²) in [6, 6.07) is 9.12. The summed E-state index contributed by atoms with van der Waals surface area (Å²) >= 11 is 0. The molecule has 5 heteroatoms. The van der Waals surface area contributed by atoms with E-state index in [0.29, 0.717) is 11.7 Å². The number of benzene rings is 1. The molecule has 0 aromatic heterocycles. The van der Waals surface area contributed by atoms with Crippen molar-refractivity contribution in [3.05, 3.63) is 30.3 Å². The number of amides is 2. The minimum absolute atomic E-state index is 0.0150. The summed E-state index contributed by atoms with van der Waals surface area (Å²) in [6.45, 7) is 2.46. The highest BCUT2D eigenvalue weighted by Crippen LogP contribution is 2.23. The smallest absolute Gasteiger partial charge is 0.410 e. The molecule has 0 bridgehead atoms. The highest BCUT2D eigenvalue weighted by atomic mass is 16.6. The van der Waals surface area contributed by atoms with Gasteiger partial charge in [-0.25, -0.2) is 4.79 Å². The Balaban J connectivity index is 1.63. The number of ether oxygens (including phenoxy) is 1. The molecule has 2 N–H and O–H groups in total. The zero-order chi connectivity index (χ0) is 15.8. The van der Waals surface area contributed by atoms with Crippen LogP contribution in [0.5, 0.6) is 5.75 Å². The van der Waals surface area contributed by atoms with Crippen LogP contribution in [0.4, 0.5) is 4.79 Å². The van der Waals surface area contributed by atoms with Gasteiger partial charge in [0.05, 0.1) is 0 Å². The lowest BCUT2D eigenvalue weighted by Crippen LogP contribution is -2.42. The van der Waals surface area contributed by atoms with Gasteiger partial charge in [0.2, 0.25) is 5.91 Å². The van der Waals surface area contributed by atoms with Crippen LogP contribution in [0.1, 0.15) is 39.0 Å². The minimum atomic E-state index is -0.537. The van der Waals surface area contributed by atoms with Crippen LogP contribution in [0.25, 0.3) is 0 Å². The Hall–Kier alpha value is -2.04. The van der Waals surface area contributed by atoms with Gasteiger partial charge in [-0.2, -0.15) is 0 Å². The van der Waals surface area contributed by atoms with E-state index in [9.17, 15) is 9.59 Å². The molecule has 0 radical (unpaired) electrons. The average molecular weight is 304 g/mol. The van der Waals surface area contributed by atoms with Crippen molar-refractivity contribution in [2.75, 3.05) is 6.54 Å². The third kappa shape index (κ3) is 5.39. The molecule has 1 aromatic rings. The second-order valence-corrected chi connectivity index (χ2v) is 5.82. The quantitative estimate of drug-likeness (QED) is 0.879. The first-order valence-electron chi connectivity index (χ1n) is 7.95. The number of hydrogen-bond donors (Lipinski definition) is 2. The van der Waals surface area contributed by atoms with Crippen molar-refractivity contribution in [2.45, 2.75) is 45.1 Å². The summed E-state index contributed by atoms with van der Waals surface area (Å²) < 4.78 is 5.08. The number of para-hydroxylation sites is 1. The molecule has 5 nitrogen and oxygen atoms in total. The van der Waals surface area contributed by atoms with Crippen molar-refractivity contribution in [2.24, 2.45) is 5.92 Å². The van der Waals surface area contributed by atoms with Crippen molar-refractivity contribution in [3.63, 3.8) is 0 Å². The third-order valence-corrected chi connectivity index (χ3v) is 4.03. The first kappa shape index (κ1) is 16.3. The first-order valence-corrected chi connectivity index (χ1v) is 7.95. The van der Waals surface area contributed by atoms with Gasteiger partial charge in [0, 0.05) is 19.0 Å². The standard InChI is InChI=1S/C17H24N2O3/c1-13-7-5-6-10-15(13)19-16(20)11-12-18-17(21)22-14-8-3-2-4-9-14/h2-4,8-9,13,15H,5-7,10-12H2,1H3,(H,18,21)(H,19,20)/t13-,15-/m1/s1. The average Bonchev–Trinajstić information content (AvgIpc) is 2.50. The van der Waals surface area contributed by atoms with Gasteiger partial charge >= 0.3 is 6.09 Å². The minimum Gasteiger partial charge on any atom is -0.410 e. The fourth-order valence-electron chi connectivity index (χ4n) is 2.72. The second kappa shape index (κ2) is 8.41. The van der Waals surface area contributed by atoms with Crippen LogP contribution in [0.15, 0.2) is 30.3 Å². The van der Waals surface area contributed by atoms with Crippen LogP contribution in [-0.4, -0.2) is 24.6 Å². The molecule has 2 amide bonds. The Morgan fingerprint density at radius 3 is 2.64 bits per heavy atom. The SMILES string of the molecule is C[C@@H]1CCCC[C@H]1NC(=O)CCNC(=O)Oc1ccccc1. The predicted molar refractivity (Wildman–Crippen MR) is 84.6 cm³/mol. The Labute approximate surface area is 131 Å². The van der Waals surface area contributed by atoms with Gasteiger partial charge in [0.25, 0.3) is 0 Å². The highest BCUT2D eigenvalue weighted by Gasteiger charge is 2.22. The zero-order valence-electron chi connectivity index (χ0n) is 13.0. The normalized spacial score (nSPS) is 21.0. The molecule has 0 unspecified atom stereocenters. The van der Waals surface area contributed by atoms with Crippen LogP contribution >= 0.6 is 0 Å². The van der Waals surface area contributed by atoms with E-state index in [1.807, 2.05) is 6.07 Å². The van der Waals surface area contributed by atoms with E-state index >= 15 is 0 Å². The molecule has 120 valence electrons. The molecule has 22 heavy (non-hydrogen) atoms. The lowest BCUT2D eigenvalue weighted by molar-refractivity contribution is -0.122. The maximum Gasteiger partial charge on any atom is 0.412 e. The summed E-state index contributed by atoms with van der Waals surface area (Å²) in [4.78, 5) is 23.5. The monoisotopic (exact) mass is 304 g/mol. The van der Waals surface area contributed by atoms with Crippen LogP contribution in [-0.2, 0) is 4.79 Å². The van der Waals surface area contributed by atoms with Gasteiger partial charge < -0.3 is 15.4 Å². The van der Waals surface area contributed by atoms with E-state index in [1.165, 1.54) is 19.3 Å². The number of nitrogens with one attached hydrogen (secondary N) is 2. The van der Waals surface area contributed by atoms with E-state index in [2.05, 4.69) is 17.6 Å². The second-order valence-electron chi connectivity index (χ2n) is 5.82. The predicted octanol–water partition coefficient (Wildman–Crippen LogP) is 2.86. The van der Waals surface area contributed by atoms with E-state index in [-0.39, 0.29) is 24.9 Å². The molecule has 1 aliphatic rings. The molecule has 1 aromatic carbocycles. The van der Waals surface area contributed by atoms with E-state index in [0.717, 1.165) is 6.42 Å². The summed E-state index contributed by atoms with van der Waals surface area (Å²) in [7, 11) is 0. The molecule has 0 aliphatic heterocycles. The Morgan fingerprint density at radius 1 is 1.18 bits per heavy atom. The van der Waals surface area contributed by atoms with Gasteiger partial charge in [-0.15, -0.1) is 0 Å². The van der Waals surface area contributed by atoms with Gasteiger partial charge in [0.1, 0.15) is 5.75 Å². The summed E-state index contributed by atoms with van der Waals surface area (Å²) in [5.41, 5.74) is 0. The lowest BCUT2D eigenvalue weighted by Gasteiger charge is -2.29. The summed E-state index contributed by atoms with van der Waals surface area (Å²) in [5.74, 6) is 1.01. The molecule has 0 heterocycles. The van der Waals surface area contributed by atoms with Crippen LogP contribution in [0, 0.1) is 5.92 Å². The Bertz CT molecular complexity index is 490. The molecule has 0 spiro atoms. The lowest BCUT2D eigenvalue weighted by atomic mass is 9.86. The molecule has 1 fully saturated rings. The summed E-state index contributed by atoms with van der Waals surface area (Å²) in [6.07, 6.45) is 4.39. The third-order valence-electron chi connectivity index (χ3n) is 4.03. The highest BCUT2D eigenvalue weighted by molar-refractivity contribution is 5.77. The van der Waals surface area contributed by atoms with Crippen molar-refractivity contribution in [1.82, 2.24) is 10.6 Å². The van der Waals surface area contributed by atoms with Gasteiger partial charge in [-0.05, 0) is 30.9 Å². The van der Waals surface area contributed by atoms with Crippen LogP contribution in [0.2, 0.25) is 0 Å². The number of rotatable bonds is 5. The molecule has 2 rings (SSSR count). The fourth-order valence-corrected chi connectivity index (χ4v) is 2.72. The molecule has 1 saturated carbocycles. The van der Waals surface area contributed by atoms with E-state index in [4.69, 9.17) is 4.74 Å². The molecule has 2 atom stereocenters. The van der Waals surface area contributed by atoms with Crippen LogP contribution < -0.4 is 15.4 Å². The van der Waals surface area contributed by atoms with Gasteiger partial charge in [-0.3, -0.25) is 4.79 Å².